The zero-order chi connectivity index (χ0) is 17.1. The van der Waals surface area contributed by atoms with Gasteiger partial charge in [0.05, 0.1) is 12.8 Å². The number of ketones is 1. The molecule has 1 aliphatic heterocycles. The second kappa shape index (κ2) is 6.87. The molecule has 0 unspecified atom stereocenters. The lowest BCUT2D eigenvalue weighted by Crippen LogP contribution is -2.38. The van der Waals surface area contributed by atoms with Crippen LogP contribution in [0.5, 0.6) is 5.75 Å². The van der Waals surface area contributed by atoms with Crippen LogP contribution in [0, 0.1) is 6.92 Å². The molecule has 1 amide bonds. The number of amides is 1. The number of para-hydroxylation sites is 1. The molecule has 3 rings (SSSR count). The fourth-order valence-electron chi connectivity index (χ4n) is 3.17. The van der Waals surface area contributed by atoms with Gasteiger partial charge in [-0.05, 0) is 42.7 Å². The van der Waals surface area contributed by atoms with E-state index in [0.717, 1.165) is 22.6 Å². The Hall–Kier alpha value is -2.62. The van der Waals surface area contributed by atoms with Crippen LogP contribution >= 0.6 is 0 Å². The summed E-state index contributed by atoms with van der Waals surface area (Å²) in [5.41, 5.74) is 3.48. The maximum absolute atomic E-state index is 12.7. The van der Waals surface area contributed by atoms with E-state index in [1.165, 1.54) is 0 Å². The standard InChI is InChI=1S/C20H21NO3/c1-14-5-3-8-17-18(22)11-12-21(20(14)17)19(23)10-9-15-6-4-7-16(13-15)24-2/h3-8,13H,9-12H2,1-2H3. The van der Waals surface area contributed by atoms with E-state index in [9.17, 15) is 9.59 Å². The number of hydrogen-bond acceptors (Lipinski definition) is 3. The van der Waals surface area contributed by atoms with Gasteiger partial charge < -0.3 is 9.64 Å². The Kier molecular flexibility index (Phi) is 4.65. The van der Waals surface area contributed by atoms with Crippen molar-refractivity contribution >= 4 is 17.4 Å². The molecule has 0 saturated carbocycles. The van der Waals surface area contributed by atoms with Gasteiger partial charge in [-0.15, -0.1) is 0 Å². The molecule has 1 heterocycles. The molecule has 24 heavy (non-hydrogen) atoms. The number of fused-ring (bicyclic) bond motifs is 1. The molecule has 0 spiro atoms. The van der Waals surface area contributed by atoms with Crippen molar-refractivity contribution in [3.8, 4) is 5.75 Å². The molecule has 124 valence electrons. The monoisotopic (exact) mass is 323 g/mol. The van der Waals surface area contributed by atoms with Crippen LogP contribution in [-0.4, -0.2) is 25.3 Å². The van der Waals surface area contributed by atoms with Crippen LogP contribution in [0.4, 0.5) is 5.69 Å². The minimum atomic E-state index is 0.0564. The summed E-state index contributed by atoms with van der Waals surface area (Å²) < 4.78 is 5.22. The Morgan fingerprint density at radius 2 is 2.00 bits per heavy atom. The van der Waals surface area contributed by atoms with E-state index in [2.05, 4.69) is 0 Å². The van der Waals surface area contributed by atoms with Gasteiger partial charge in [-0.2, -0.15) is 0 Å². The third-order valence-corrected chi connectivity index (χ3v) is 4.43. The molecule has 0 N–H and O–H groups in total. The Morgan fingerprint density at radius 3 is 2.79 bits per heavy atom. The zero-order valence-corrected chi connectivity index (χ0v) is 14.0. The summed E-state index contributed by atoms with van der Waals surface area (Å²) >= 11 is 0. The molecule has 1 aliphatic rings. The summed E-state index contributed by atoms with van der Waals surface area (Å²) in [7, 11) is 1.63. The highest BCUT2D eigenvalue weighted by atomic mass is 16.5. The largest absolute Gasteiger partial charge is 0.497 e. The number of Topliss-reactive ketones (excluding diaryl/α,β-unsaturated/α-hetero) is 1. The van der Waals surface area contributed by atoms with Crippen LogP contribution in [0.2, 0.25) is 0 Å². The summed E-state index contributed by atoms with van der Waals surface area (Å²) in [4.78, 5) is 26.6. The summed E-state index contributed by atoms with van der Waals surface area (Å²) in [6.45, 7) is 2.41. The van der Waals surface area contributed by atoms with E-state index in [0.29, 0.717) is 31.4 Å². The highest BCUT2D eigenvalue weighted by molar-refractivity contribution is 6.09. The highest BCUT2D eigenvalue weighted by Crippen LogP contribution is 2.31. The lowest BCUT2D eigenvalue weighted by molar-refractivity contribution is -0.118. The van der Waals surface area contributed by atoms with Gasteiger partial charge in [0.25, 0.3) is 0 Å². The Labute approximate surface area is 142 Å². The number of nitrogens with zero attached hydrogens (tertiary/aromatic N) is 1. The lowest BCUT2D eigenvalue weighted by atomic mass is 9.96. The number of methoxy groups -OCH3 is 1. The van der Waals surface area contributed by atoms with Gasteiger partial charge in [-0.3, -0.25) is 9.59 Å². The van der Waals surface area contributed by atoms with Crippen LogP contribution in [-0.2, 0) is 11.2 Å². The molecule has 0 fully saturated rings. The minimum Gasteiger partial charge on any atom is -0.497 e. The van der Waals surface area contributed by atoms with E-state index >= 15 is 0 Å². The van der Waals surface area contributed by atoms with Gasteiger partial charge in [-0.25, -0.2) is 0 Å². The van der Waals surface area contributed by atoms with Gasteiger partial charge >= 0.3 is 0 Å². The third kappa shape index (κ3) is 3.18. The Bertz CT molecular complexity index is 782. The predicted molar refractivity (Wildman–Crippen MR) is 93.8 cm³/mol. The molecule has 4 heteroatoms. The molecular weight excluding hydrogens is 302 g/mol. The van der Waals surface area contributed by atoms with Crippen molar-refractivity contribution in [3.63, 3.8) is 0 Å². The number of hydrogen-bond donors (Lipinski definition) is 0. The molecule has 2 aromatic rings. The van der Waals surface area contributed by atoms with Crippen molar-refractivity contribution in [1.82, 2.24) is 0 Å². The molecular formula is C20H21NO3. The van der Waals surface area contributed by atoms with E-state index in [4.69, 9.17) is 4.74 Å². The number of rotatable bonds is 4. The van der Waals surface area contributed by atoms with Gasteiger partial charge in [0.2, 0.25) is 5.91 Å². The molecule has 0 aromatic heterocycles. The quantitative estimate of drug-likeness (QED) is 0.864. The summed E-state index contributed by atoms with van der Waals surface area (Å²) in [6, 6.07) is 13.4. The smallest absolute Gasteiger partial charge is 0.227 e. The van der Waals surface area contributed by atoms with Crippen LogP contribution in [0.1, 0.15) is 34.3 Å². The molecule has 4 nitrogen and oxygen atoms in total. The van der Waals surface area contributed by atoms with Crippen LogP contribution in [0.25, 0.3) is 0 Å². The first-order valence-electron chi connectivity index (χ1n) is 8.16. The number of carbonyl (C=O) groups excluding carboxylic acids is 2. The molecule has 0 radical (unpaired) electrons. The van der Waals surface area contributed by atoms with Crippen molar-refractivity contribution in [3.05, 3.63) is 59.2 Å². The van der Waals surface area contributed by atoms with Crippen LogP contribution in [0.3, 0.4) is 0 Å². The minimum absolute atomic E-state index is 0.0564. The van der Waals surface area contributed by atoms with Crippen molar-refractivity contribution in [1.29, 1.82) is 0 Å². The molecule has 2 aromatic carbocycles. The number of ether oxygens (including phenoxy) is 1. The predicted octanol–water partition coefficient (Wildman–Crippen LogP) is 3.56. The average Bonchev–Trinajstić information content (AvgIpc) is 2.61. The first-order chi connectivity index (χ1) is 11.6. The maximum Gasteiger partial charge on any atom is 0.227 e. The van der Waals surface area contributed by atoms with Crippen molar-refractivity contribution < 1.29 is 14.3 Å². The van der Waals surface area contributed by atoms with Crippen LogP contribution in [0.15, 0.2) is 42.5 Å². The first-order valence-corrected chi connectivity index (χ1v) is 8.16. The van der Waals surface area contributed by atoms with Crippen molar-refractivity contribution in [2.75, 3.05) is 18.6 Å². The number of anilines is 1. The Balaban J connectivity index is 1.76. The fraction of sp³-hybridized carbons (Fsp3) is 0.300. The number of benzene rings is 2. The molecule has 0 aliphatic carbocycles. The third-order valence-electron chi connectivity index (χ3n) is 4.43. The van der Waals surface area contributed by atoms with Gasteiger partial charge in [0, 0.05) is 24.9 Å². The number of carbonyl (C=O) groups is 2. The lowest BCUT2D eigenvalue weighted by Gasteiger charge is -2.30. The summed E-state index contributed by atoms with van der Waals surface area (Å²) in [5.74, 6) is 0.969. The maximum atomic E-state index is 12.7. The number of aryl methyl sites for hydroxylation is 2. The van der Waals surface area contributed by atoms with E-state index in [1.807, 2.05) is 49.4 Å². The van der Waals surface area contributed by atoms with Crippen LogP contribution < -0.4 is 9.64 Å². The fourth-order valence-corrected chi connectivity index (χ4v) is 3.17. The SMILES string of the molecule is COc1cccc(CCC(=O)N2CCC(=O)c3cccc(C)c32)c1. The molecule has 0 bridgehead atoms. The van der Waals surface area contributed by atoms with E-state index in [1.54, 1.807) is 12.0 Å². The summed E-state index contributed by atoms with van der Waals surface area (Å²) in [5, 5.41) is 0. The first kappa shape index (κ1) is 16.2. The van der Waals surface area contributed by atoms with Gasteiger partial charge in [0.15, 0.2) is 5.78 Å². The average molecular weight is 323 g/mol. The van der Waals surface area contributed by atoms with E-state index < -0.39 is 0 Å². The molecule has 0 atom stereocenters. The second-order valence-corrected chi connectivity index (χ2v) is 6.04. The zero-order valence-electron chi connectivity index (χ0n) is 14.0. The molecule has 0 saturated heterocycles. The van der Waals surface area contributed by atoms with Crippen molar-refractivity contribution in [2.45, 2.75) is 26.2 Å². The van der Waals surface area contributed by atoms with E-state index in [-0.39, 0.29) is 11.7 Å². The normalized spacial score (nSPS) is 13.6. The Morgan fingerprint density at radius 1 is 1.21 bits per heavy atom. The van der Waals surface area contributed by atoms with Gasteiger partial charge in [-0.1, -0.05) is 24.3 Å². The topological polar surface area (TPSA) is 46.6 Å². The van der Waals surface area contributed by atoms with Gasteiger partial charge in [0.1, 0.15) is 5.75 Å². The second-order valence-electron chi connectivity index (χ2n) is 6.04. The summed E-state index contributed by atoms with van der Waals surface area (Å²) in [6.07, 6.45) is 1.46. The highest BCUT2D eigenvalue weighted by Gasteiger charge is 2.28. The van der Waals surface area contributed by atoms with Crippen molar-refractivity contribution in [2.24, 2.45) is 0 Å².